The SMILES string of the molecule is CS(=O)(=O)c1ccc2c(c1)CCCN2C(=O)COc1ccccc1Cc1ccccc1. The predicted molar refractivity (Wildman–Crippen MR) is 121 cm³/mol. The number of carbonyl (C=O) groups excluding carboxylic acids is 1. The van der Waals surface area contributed by atoms with E-state index in [1.165, 1.54) is 11.8 Å². The lowest BCUT2D eigenvalue weighted by molar-refractivity contribution is -0.120. The molecule has 0 aliphatic carbocycles. The number of benzene rings is 3. The van der Waals surface area contributed by atoms with Crippen LogP contribution in [0.2, 0.25) is 0 Å². The molecule has 0 N–H and O–H groups in total. The summed E-state index contributed by atoms with van der Waals surface area (Å²) < 4.78 is 29.6. The van der Waals surface area contributed by atoms with Crippen LogP contribution >= 0.6 is 0 Å². The lowest BCUT2D eigenvalue weighted by atomic mass is 10.0. The average Bonchev–Trinajstić information content (AvgIpc) is 2.77. The van der Waals surface area contributed by atoms with E-state index in [0.717, 1.165) is 36.1 Å². The Morgan fingerprint density at radius 2 is 1.74 bits per heavy atom. The van der Waals surface area contributed by atoms with Gasteiger partial charge in [-0.3, -0.25) is 4.79 Å². The summed E-state index contributed by atoms with van der Waals surface area (Å²) in [6.45, 7) is 0.526. The number of rotatable bonds is 6. The number of fused-ring (bicyclic) bond motifs is 1. The van der Waals surface area contributed by atoms with Gasteiger partial charge in [-0.05, 0) is 53.8 Å². The Labute approximate surface area is 183 Å². The first-order valence-electron chi connectivity index (χ1n) is 10.3. The lowest BCUT2D eigenvalue weighted by Gasteiger charge is -2.30. The van der Waals surface area contributed by atoms with Crippen molar-refractivity contribution in [2.24, 2.45) is 0 Å². The zero-order valence-electron chi connectivity index (χ0n) is 17.5. The molecular formula is C25H25NO4S. The maximum Gasteiger partial charge on any atom is 0.264 e. The molecule has 0 saturated carbocycles. The maximum atomic E-state index is 13.0. The number of hydrogen-bond acceptors (Lipinski definition) is 4. The van der Waals surface area contributed by atoms with Crippen molar-refractivity contribution in [2.45, 2.75) is 24.2 Å². The van der Waals surface area contributed by atoms with Crippen molar-refractivity contribution in [1.82, 2.24) is 0 Å². The quantitative estimate of drug-likeness (QED) is 0.586. The fraction of sp³-hybridized carbons (Fsp3) is 0.240. The minimum Gasteiger partial charge on any atom is -0.483 e. The second-order valence-electron chi connectivity index (χ2n) is 7.77. The molecule has 3 aromatic rings. The van der Waals surface area contributed by atoms with Crippen LogP contribution in [0.15, 0.2) is 77.7 Å². The van der Waals surface area contributed by atoms with Gasteiger partial charge in [0.15, 0.2) is 16.4 Å². The normalized spacial score (nSPS) is 13.5. The monoisotopic (exact) mass is 435 g/mol. The second-order valence-corrected chi connectivity index (χ2v) is 9.79. The van der Waals surface area contributed by atoms with Gasteiger partial charge < -0.3 is 9.64 Å². The summed E-state index contributed by atoms with van der Waals surface area (Å²) in [7, 11) is -3.28. The van der Waals surface area contributed by atoms with E-state index in [-0.39, 0.29) is 17.4 Å². The molecule has 3 aromatic carbocycles. The standard InChI is InChI=1S/C25H25NO4S/c1-31(28,29)22-13-14-23-20(17-22)11-7-15-26(23)25(27)18-30-24-12-6-5-10-21(24)16-19-8-3-2-4-9-19/h2-6,8-10,12-14,17H,7,11,15-16,18H2,1H3. The van der Waals surface area contributed by atoms with Crippen LogP contribution in [0.25, 0.3) is 0 Å². The zero-order chi connectivity index (χ0) is 21.8. The van der Waals surface area contributed by atoms with E-state index < -0.39 is 9.84 Å². The second kappa shape index (κ2) is 8.94. The largest absolute Gasteiger partial charge is 0.483 e. The summed E-state index contributed by atoms with van der Waals surface area (Å²) in [4.78, 5) is 15.0. The van der Waals surface area contributed by atoms with Crippen molar-refractivity contribution in [3.05, 3.63) is 89.5 Å². The molecule has 0 aromatic heterocycles. The molecule has 0 saturated heterocycles. The first-order chi connectivity index (χ1) is 14.9. The molecule has 0 fully saturated rings. The van der Waals surface area contributed by atoms with E-state index in [9.17, 15) is 13.2 Å². The van der Waals surface area contributed by atoms with Gasteiger partial charge in [-0.15, -0.1) is 0 Å². The zero-order valence-corrected chi connectivity index (χ0v) is 18.3. The minimum atomic E-state index is -3.28. The molecule has 0 radical (unpaired) electrons. The summed E-state index contributed by atoms with van der Waals surface area (Å²) in [5, 5.41) is 0. The Morgan fingerprint density at radius 3 is 2.52 bits per heavy atom. The highest BCUT2D eigenvalue weighted by molar-refractivity contribution is 7.90. The number of carbonyl (C=O) groups is 1. The Kier molecular flexibility index (Phi) is 6.09. The molecule has 0 spiro atoms. The van der Waals surface area contributed by atoms with Crippen LogP contribution in [0.3, 0.4) is 0 Å². The number of hydrogen-bond donors (Lipinski definition) is 0. The summed E-state index contributed by atoms with van der Waals surface area (Å²) in [5.41, 5.74) is 3.85. The highest BCUT2D eigenvalue weighted by atomic mass is 32.2. The number of amides is 1. The van der Waals surface area contributed by atoms with Crippen LogP contribution in [-0.4, -0.2) is 33.7 Å². The molecule has 31 heavy (non-hydrogen) atoms. The van der Waals surface area contributed by atoms with Crippen molar-refractivity contribution in [1.29, 1.82) is 0 Å². The summed E-state index contributed by atoms with van der Waals surface area (Å²) in [6.07, 6.45) is 3.47. The van der Waals surface area contributed by atoms with Gasteiger partial charge in [-0.1, -0.05) is 48.5 Å². The maximum absolute atomic E-state index is 13.0. The Balaban J connectivity index is 1.48. The third kappa shape index (κ3) is 4.97. The first-order valence-corrected chi connectivity index (χ1v) is 12.2. The highest BCUT2D eigenvalue weighted by Gasteiger charge is 2.24. The van der Waals surface area contributed by atoms with Crippen molar-refractivity contribution >= 4 is 21.4 Å². The molecule has 0 unspecified atom stereocenters. The van der Waals surface area contributed by atoms with Crippen LogP contribution in [0, 0.1) is 0 Å². The number of para-hydroxylation sites is 1. The molecule has 0 atom stereocenters. The van der Waals surface area contributed by atoms with Crippen molar-refractivity contribution in [2.75, 3.05) is 24.3 Å². The van der Waals surface area contributed by atoms with Crippen molar-refractivity contribution < 1.29 is 17.9 Å². The van der Waals surface area contributed by atoms with Gasteiger partial charge in [-0.25, -0.2) is 8.42 Å². The average molecular weight is 436 g/mol. The van der Waals surface area contributed by atoms with Crippen LogP contribution in [-0.2, 0) is 27.5 Å². The number of aryl methyl sites for hydroxylation is 1. The van der Waals surface area contributed by atoms with E-state index in [2.05, 4.69) is 12.1 Å². The van der Waals surface area contributed by atoms with Crippen LogP contribution < -0.4 is 9.64 Å². The smallest absolute Gasteiger partial charge is 0.264 e. The van der Waals surface area contributed by atoms with Gasteiger partial charge in [0.2, 0.25) is 0 Å². The molecule has 1 heterocycles. The van der Waals surface area contributed by atoms with Gasteiger partial charge in [0.05, 0.1) is 4.90 Å². The molecule has 0 bridgehead atoms. The molecule has 1 amide bonds. The molecule has 6 heteroatoms. The Morgan fingerprint density at radius 1 is 1.00 bits per heavy atom. The molecular weight excluding hydrogens is 410 g/mol. The van der Waals surface area contributed by atoms with Gasteiger partial charge in [0, 0.05) is 24.9 Å². The molecule has 1 aliphatic heterocycles. The van der Waals surface area contributed by atoms with E-state index in [4.69, 9.17) is 4.74 Å². The molecule has 5 nitrogen and oxygen atoms in total. The third-order valence-electron chi connectivity index (χ3n) is 5.46. The van der Waals surface area contributed by atoms with E-state index in [1.807, 2.05) is 42.5 Å². The van der Waals surface area contributed by atoms with E-state index in [0.29, 0.717) is 12.3 Å². The number of ether oxygens (including phenoxy) is 1. The van der Waals surface area contributed by atoms with E-state index in [1.54, 1.807) is 23.1 Å². The summed E-state index contributed by atoms with van der Waals surface area (Å²) >= 11 is 0. The van der Waals surface area contributed by atoms with Gasteiger partial charge in [-0.2, -0.15) is 0 Å². The van der Waals surface area contributed by atoms with Crippen molar-refractivity contribution in [3.63, 3.8) is 0 Å². The first kappa shape index (κ1) is 21.1. The van der Waals surface area contributed by atoms with Crippen molar-refractivity contribution in [3.8, 4) is 5.75 Å². The van der Waals surface area contributed by atoms with Crippen LogP contribution in [0.4, 0.5) is 5.69 Å². The fourth-order valence-corrected chi connectivity index (χ4v) is 4.56. The number of nitrogens with zero attached hydrogens (tertiary/aromatic N) is 1. The molecule has 4 rings (SSSR count). The molecule has 160 valence electrons. The molecule has 1 aliphatic rings. The van der Waals surface area contributed by atoms with Gasteiger partial charge in [0.1, 0.15) is 5.75 Å². The number of anilines is 1. The minimum absolute atomic E-state index is 0.0704. The van der Waals surface area contributed by atoms with E-state index >= 15 is 0 Å². The summed E-state index contributed by atoms with van der Waals surface area (Å²) in [6, 6.07) is 22.9. The number of sulfone groups is 1. The predicted octanol–water partition coefficient (Wildman–Crippen LogP) is 4.04. The fourth-order valence-electron chi connectivity index (χ4n) is 3.89. The van der Waals surface area contributed by atoms with Gasteiger partial charge >= 0.3 is 0 Å². The lowest BCUT2D eigenvalue weighted by Crippen LogP contribution is -2.38. The third-order valence-corrected chi connectivity index (χ3v) is 6.57. The topological polar surface area (TPSA) is 63.7 Å². The Bertz CT molecular complexity index is 1190. The van der Waals surface area contributed by atoms with Crippen LogP contribution in [0.1, 0.15) is 23.1 Å². The van der Waals surface area contributed by atoms with Crippen LogP contribution in [0.5, 0.6) is 5.75 Å². The van der Waals surface area contributed by atoms with Gasteiger partial charge in [0.25, 0.3) is 5.91 Å². The summed E-state index contributed by atoms with van der Waals surface area (Å²) in [5.74, 6) is 0.562. The Hall–Kier alpha value is -3.12. The highest BCUT2D eigenvalue weighted by Crippen LogP contribution is 2.30.